The highest BCUT2D eigenvalue weighted by molar-refractivity contribution is 7.92. The standard InChI is InChI=1S/C23H19N3O6S2/c24-34(30,31)19-12-10-16(11-13-19)23(27)26-25-20(15-33(28,29)18-7-2-1-3-8-18)22-14-17-6-4-5-9-21(17)32-22/h1-14H,15H2,(H,26,27)(H2,24,30,31)/b25-20+. The van der Waals surface area contributed by atoms with Crippen LogP contribution in [0.4, 0.5) is 0 Å². The number of amides is 1. The molecule has 34 heavy (non-hydrogen) atoms. The molecule has 1 amide bonds. The summed E-state index contributed by atoms with van der Waals surface area (Å²) in [6.07, 6.45) is 0. The van der Waals surface area contributed by atoms with E-state index in [0.717, 1.165) is 5.39 Å². The van der Waals surface area contributed by atoms with Gasteiger partial charge in [0.05, 0.1) is 9.79 Å². The van der Waals surface area contributed by atoms with Crippen molar-refractivity contribution in [2.24, 2.45) is 10.2 Å². The Hall–Kier alpha value is -3.80. The van der Waals surface area contributed by atoms with E-state index in [-0.39, 0.29) is 26.8 Å². The summed E-state index contributed by atoms with van der Waals surface area (Å²) in [4.78, 5) is 12.5. The number of fused-ring (bicyclic) bond motifs is 1. The van der Waals surface area contributed by atoms with Gasteiger partial charge in [-0.25, -0.2) is 27.4 Å². The average molecular weight is 498 g/mol. The number of sulfone groups is 1. The van der Waals surface area contributed by atoms with Crippen molar-refractivity contribution in [1.29, 1.82) is 0 Å². The summed E-state index contributed by atoms with van der Waals surface area (Å²) in [6, 6.07) is 21.5. The molecule has 1 heterocycles. The number of rotatable bonds is 7. The van der Waals surface area contributed by atoms with E-state index >= 15 is 0 Å². The molecule has 0 fully saturated rings. The Kier molecular flexibility index (Phi) is 6.33. The molecule has 0 radical (unpaired) electrons. The van der Waals surface area contributed by atoms with Crippen molar-refractivity contribution < 1.29 is 26.0 Å². The monoisotopic (exact) mass is 497 g/mol. The highest BCUT2D eigenvalue weighted by atomic mass is 32.2. The van der Waals surface area contributed by atoms with Gasteiger partial charge in [0.2, 0.25) is 10.0 Å². The number of nitrogens with two attached hydrogens (primary N) is 1. The highest BCUT2D eigenvalue weighted by Crippen LogP contribution is 2.21. The molecule has 9 nitrogen and oxygen atoms in total. The van der Waals surface area contributed by atoms with Crippen LogP contribution in [-0.2, 0) is 19.9 Å². The van der Waals surface area contributed by atoms with Gasteiger partial charge in [0, 0.05) is 10.9 Å². The van der Waals surface area contributed by atoms with Gasteiger partial charge >= 0.3 is 0 Å². The molecule has 0 saturated carbocycles. The number of hydrogen-bond donors (Lipinski definition) is 2. The fourth-order valence-corrected chi connectivity index (χ4v) is 4.97. The normalized spacial score (nSPS) is 12.6. The lowest BCUT2D eigenvalue weighted by atomic mass is 10.2. The van der Waals surface area contributed by atoms with Gasteiger partial charge in [-0.15, -0.1) is 0 Å². The van der Waals surface area contributed by atoms with Crippen molar-refractivity contribution in [3.8, 4) is 0 Å². The number of para-hydroxylation sites is 1. The van der Waals surface area contributed by atoms with E-state index in [0.29, 0.717) is 5.58 Å². The number of carbonyl (C=O) groups is 1. The summed E-state index contributed by atoms with van der Waals surface area (Å²) in [6.45, 7) is 0. The highest BCUT2D eigenvalue weighted by Gasteiger charge is 2.22. The Labute approximate surface area is 195 Å². The second-order valence-electron chi connectivity index (χ2n) is 7.29. The van der Waals surface area contributed by atoms with E-state index in [1.54, 1.807) is 42.5 Å². The molecule has 0 atom stereocenters. The molecule has 3 N–H and O–H groups in total. The van der Waals surface area contributed by atoms with Crippen LogP contribution in [0, 0.1) is 0 Å². The Morgan fingerprint density at radius 3 is 2.15 bits per heavy atom. The Bertz CT molecular complexity index is 1560. The van der Waals surface area contributed by atoms with Crippen LogP contribution in [0.3, 0.4) is 0 Å². The first-order valence-corrected chi connectivity index (χ1v) is 13.1. The first-order valence-electron chi connectivity index (χ1n) is 9.90. The lowest BCUT2D eigenvalue weighted by Crippen LogP contribution is -2.24. The summed E-state index contributed by atoms with van der Waals surface area (Å²) in [5.41, 5.74) is 2.95. The number of primary sulfonamides is 1. The predicted molar refractivity (Wildman–Crippen MR) is 127 cm³/mol. The number of hydrazone groups is 1. The van der Waals surface area contributed by atoms with Gasteiger partial charge in [-0.2, -0.15) is 5.10 Å². The molecule has 0 bridgehead atoms. The number of hydrogen-bond acceptors (Lipinski definition) is 7. The van der Waals surface area contributed by atoms with Gasteiger partial charge < -0.3 is 4.42 Å². The SMILES string of the molecule is NS(=O)(=O)c1ccc(C(=O)N/N=C(\CS(=O)(=O)c2ccccc2)c2cc3ccccc3o2)cc1. The summed E-state index contributed by atoms with van der Waals surface area (Å²) in [7, 11) is -7.71. The number of sulfonamides is 1. The molecule has 0 aliphatic heterocycles. The topological polar surface area (TPSA) is 149 Å². The van der Waals surface area contributed by atoms with E-state index in [2.05, 4.69) is 10.5 Å². The first-order chi connectivity index (χ1) is 16.1. The van der Waals surface area contributed by atoms with E-state index in [4.69, 9.17) is 9.56 Å². The first kappa shape index (κ1) is 23.4. The number of carbonyl (C=O) groups excluding carboxylic acids is 1. The van der Waals surface area contributed by atoms with Gasteiger partial charge in [0.25, 0.3) is 5.91 Å². The molecule has 0 unspecified atom stereocenters. The molecule has 174 valence electrons. The zero-order chi connectivity index (χ0) is 24.3. The zero-order valence-electron chi connectivity index (χ0n) is 17.6. The molecule has 1 aromatic heterocycles. The molecule has 4 rings (SSSR count). The minimum absolute atomic E-state index is 0.00504. The summed E-state index contributed by atoms with van der Waals surface area (Å²) in [5, 5.41) is 9.86. The van der Waals surface area contributed by atoms with E-state index < -0.39 is 31.5 Å². The van der Waals surface area contributed by atoms with Gasteiger partial charge in [-0.05, 0) is 48.5 Å². The molecular weight excluding hydrogens is 478 g/mol. The van der Waals surface area contributed by atoms with Crippen LogP contribution < -0.4 is 10.6 Å². The molecule has 0 spiro atoms. The molecule has 11 heteroatoms. The summed E-state index contributed by atoms with van der Waals surface area (Å²) in [5.74, 6) is -1.01. The quantitative estimate of drug-likeness (QED) is 0.296. The number of nitrogens with one attached hydrogen (secondary N) is 1. The molecule has 4 aromatic rings. The van der Waals surface area contributed by atoms with Crippen molar-refractivity contribution in [2.45, 2.75) is 9.79 Å². The van der Waals surface area contributed by atoms with Crippen LogP contribution in [0.2, 0.25) is 0 Å². The van der Waals surface area contributed by atoms with E-state index in [9.17, 15) is 21.6 Å². The second-order valence-corrected chi connectivity index (χ2v) is 10.8. The van der Waals surface area contributed by atoms with Gasteiger partial charge in [0.1, 0.15) is 17.0 Å². The van der Waals surface area contributed by atoms with Crippen LogP contribution in [0.5, 0.6) is 0 Å². The van der Waals surface area contributed by atoms with Crippen molar-refractivity contribution in [1.82, 2.24) is 5.43 Å². The van der Waals surface area contributed by atoms with Crippen LogP contribution in [0.15, 0.2) is 104 Å². The Balaban J connectivity index is 1.66. The van der Waals surface area contributed by atoms with Crippen LogP contribution in [0.1, 0.15) is 16.1 Å². The van der Waals surface area contributed by atoms with Gasteiger partial charge in [0.15, 0.2) is 15.6 Å². The maximum absolute atomic E-state index is 13.0. The lowest BCUT2D eigenvalue weighted by Gasteiger charge is -2.07. The fourth-order valence-electron chi connectivity index (χ4n) is 3.15. The Morgan fingerprint density at radius 1 is 0.853 bits per heavy atom. The Morgan fingerprint density at radius 2 is 1.50 bits per heavy atom. The third-order valence-electron chi connectivity index (χ3n) is 4.88. The maximum Gasteiger partial charge on any atom is 0.271 e. The summed E-state index contributed by atoms with van der Waals surface area (Å²) < 4.78 is 54.5. The van der Waals surface area contributed by atoms with E-state index in [1.807, 2.05) is 6.07 Å². The molecular formula is C23H19N3O6S2. The zero-order valence-corrected chi connectivity index (χ0v) is 19.2. The number of nitrogens with zero attached hydrogens (tertiary/aromatic N) is 1. The van der Waals surface area contributed by atoms with Crippen LogP contribution in [0.25, 0.3) is 11.0 Å². The fraction of sp³-hybridized carbons (Fsp3) is 0.0435. The maximum atomic E-state index is 13.0. The van der Waals surface area contributed by atoms with Crippen LogP contribution in [-0.4, -0.2) is 34.2 Å². The third-order valence-corrected chi connectivity index (χ3v) is 7.45. The average Bonchev–Trinajstić information content (AvgIpc) is 3.26. The smallest absolute Gasteiger partial charge is 0.271 e. The lowest BCUT2D eigenvalue weighted by molar-refractivity contribution is 0.0954. The minimum atomic E-state index is -3.90. The largest absolute Gasteiger partial charge is 0.455 e. The van der Waals surface area contributed by atoms with Crippen molar-refractivity contribution in [3.63, 3.8) is 0 Å². The summed E-state index contributed by atoms with van der Waals surface area (Å²) >= 11 is 0. The second kappa shape index (κ2) is 9.21. The molecule has 0 aliphatic carbocycles. The van der Waals surface area contributed by atoms with Crippen LogP contribution >= 0.6 is 0 Å². The van der Waals surface area contributed by atoms with Crippen molar-refractivity contribution >= 4 is 42.4 Å². The minimum Gasteiger partial charge on any atom is -0.455 e. The van der Waals surface area contributed by atoms with Gasteiger partial charge in [-0.3, -0.25) is 4.79 Å². The molecule has 0 saturated heterocycles. The molecule has 0 aliphatic rings. The van der Waals surface area contributed by atoms with E-state index in [1.165, 1.54) is 36.4 Å². The number of benzene rings is 3. The predicted octanol–water partition coefficient (Wildman–Crippen LogP) is 2.69. The third kappa shape index (κ3) is 5.22. The van der Waals surface area contributed by atoms with Crippen molar-refractivity contribution in [3.05, 3.63) is 96.3 Å². The number of furan rings is 1. The van der Waals surface area contributed by atoms with Gasteiger partial charge in [-0.1, -0.05) is 36.4 Å². The molecule has 3 aromatic carbocycles. The van der Waals surface area contributed by atoms with Crippen molar-refractivity contribution in [2.75, 3.05) is 5.75 Å².